The first-order chi connectivity index (χ1) is 14.5. The first kappa shape index (κ1) is 21.8. The Morgan fingerprint density at radius 1 is 1.32 bits per heavy atom. The molecule has 1 aliphatic heterocycles. The van der Waals surface area contributed by atoms with Gasteiger partial charge in [0.1, 0.15) is 11.5 Å². The number of aromatic amines is 1. The van der Waals surface area contributed by atoms with Crippen molar-refractivity contribution in [3.05, 3.63) is 29.7 Å². The van der Waals surface area contributed by atoms with E-state index in [4.69, 9.17) is 4.74 Å². The van der Waals surface area contributed by atoms with Crippen molar-refractivity contribution >= 4 is 28.5 Å². The lowest BCUT2D eigenvalue weighted by atomic mass is 9.65. The maximum atomic E-state index is 13.9. The number of fused-ring (bicyclic) bond motifs is 3. The molecule has 7 heteroatoms. The predicted molar refractivity (Wildman–Crippen MR) is 118 cm³/mol. The lowest BCUT2D eigenvalue weighted by Crippen LogP contribution is -3.18. The fourth-order valence-electron chi connectivity index (χ4n) is 6.22. The Morgan fingerprint density at radius 3 is 2.77 bits per heavy atom. The van der Waals surface area contributed by atoms with Crippen LogP contribution in [0.5, 0.6) is 0 Å². The molecule has 2 aromatic rings. The molecule has 1 amide bonds. The summed E-state index contributed by atoms with van der Waals surface area (Å²) in [5.74, 6) is -1.17. The average Bonchev–Trinajstić information content (AvgIpc) is 3.14. The van der Waals surface area contributed by atoms with Crippen LogP contribution in [0.25, 0.3) is 10.9 Å². The first-order valence-electron chi connectivity index (χ1n) is 11.2. The average molecular weight is 431 g/mol. The molecule has 1 unspecified atom stereocenters. The number of likely N-dealkylation sites (tertiary alicyclic amines) is 1. The Hall–Kier alpha value is -2.41. The molecule has 2 fully saturated rings. The minimum absolute atomic E-state index is 0.145. The number of rotatable bonds is 5. The van der Waals surface area contributed by atoms with Gasteiger partial charge in [-0.25, -0.2) is 9.18 Å². The van der Waals surface area contributed by atoms with E-state index in [1.165, 1.54) is 23.5 Å². The summed E-state index contributed by atoms with van der Waals surface area (Å²) < 4.78 is 19.1. The molecule has 1 aromatic carbocycles. The largest absolute Gasteiger partial charge is 0.461 e. The molecule has 168 valence electrons. The number of ether oxygens (including phenoxy) is 1. The maximum absolute atomic E-state index is 13.9. The van der Waals surface area contributed by atoms with E-state index in [1.807, 2.05) is 6.92 Å². The third kappa shape index (κ3) is 4.07. The highest BCUT2D eigenvalue weighted by atomic mass is 19.1. The zero-order valence-electron chi connectivity index (χ0n) is 19.0. The van der Waals surface area contributed by atoms with Gasteiger partial charge in [-0.15, -0.1) is 0 Å². The van der Waals surface area contributed by atoms with Crippen LogP contribution in [-0.4, -0.2) is 42.1 Å². The van der Waals surface area contributed by atoms with Crippen LogP contribution in [0.2, 0.25) is 0 Å². The van der Waals surface area contributed by atoms with Gasteiger partial charge in [-0.3, -0.25) is 4.79 Å². The van der Waals surface area contributed by atoms with Crippen molar-refractivity contribution < 1.29 is 23.6 Å². The van der Waals surface area contributed by atoms with E-state index < -0.39 is 11.8 Å². The molecule has 2 aliphatic rings. The van der Waals surface area contributed by atoms with Gasteiger partial charge in [0.15, 0.2) is 6.04 Å². The Kier molecular flexibility index (Phi) is 5.36. The van der Waals surface area contributed by atoms with Gasteiger partial charge in [-0.1, -0.05) is 20.8 Å². The molecule has 2 bridgehead atoms. The number of amides is 1. The number of hydrogen-bond acceptors (Lipinski definition) is 3. The van der Waals surface area contributed by atoms with Crippen LogP contribution in [0.15, 0.2) is 18.2 Å². The highest BCUT2D eigenvalue weighted by Gasteiger charge is 2.54. The number of quaternary nitrogens is 1. The molecule has 31 heavy (non-hydrogen) atoms. The molecule has 3 N–H and O–H groups in total. The summed E-state index contributed by atoms with van der Waals surface area (Å²) in [6, 6.07) is 4.37. The van der Waals surface area contributed by atoms with Gasteiger partial charge in [0, 0.05) is 29.2 Å². The van der Waals surface area contributed by atoms with Gasteiger partial charge < -0.3 is 19.9 Å². The Bertz CT molecular complexity index is 1030. The van der Waals surface area contributed by atoms with Gasteiger partial charge in [-0.05, 0) is 43.9 Å². The van der Waals surface area contributed by atoms with Gasteiger partial charge >= 0.3 is 5.97 Å². The minimum Gasteiger partial charge on any atom is -0.461 e. The smallest absolute Gasteiger partial charge is 0.356 e. The van der Waals surface area contributed by atoms with Crippen molar-refractivity contribution in [1.82, 2.24) is 4.98 Å². The lowest BCUT2D eigenvalue weighted by Gasteiger charge is -2.37. The molecule has 1 aromatic heterocycles. The second kappa shape index (κ2) is 7.62. The molecule has 2 heterocycles. The van der Waals surface area contributed by atoms with Crippen LogP contribution < -0.4 is 10.2 Å². The van der Waals surface area contributed by atoms with E-state index in [-0.39, 0.29) is 40.8 Å². The summed E-state index contributed by atoms with van der Waals surface area (Å²) in [7, 11) is 0. The van der Waals surface area contributed by atoms with Crippen LogP contribution in [0.1, 0.15) is 64.4 Å². The summed E-state index contributed by atoms with van der Waals surface area (Å²) >= 11 is 0. The van der Waals surface area contributed by atoms with E-state index in [2.05, 4.69) is 31.1 Å². The van der Waals surface area contributed by atoms with Crippen LogP contribution in [-0.2, 0) is 9.53 Å². The summed E-state index contributed by atoms with van der Waals surface area (Å²) in [6.07, 6.45) is 3.40. The molecular weight excluding hydrogens is 397 g/mol. The summed E-state index contributed by atoms with van der Waals surface area (Å²) in [5, 5.41) is 3.40. The monoisotopic (exact) mass is 430 g/mol. The molecule has 1 aliphatic carbocycles. The second-order valence-corrected chi connectivity index (χ2v) is 10.5. The Morgan fingerprint density at radius 2 is 2.06 bits per heavy atom. The standard InChI is InChI=1S/C24H32FN3O3/c1-6-31-22(30)20-19(17-9-15(25)7-8-18(17)26-20)27-21(29)14(2)28-13-24(5)11-16(28)10-23(3,4)12-24/h7-9,14,16,26H,6,10-13H2,1-5H3,(H,27,29)/p+1/t14-,16-,24-/m0/s1. The van der Waals surface area contributed by atoms with Crippen molar-refractivity contribution in [2.24, 2.45) is 10.8 Å². The van der Waals surface area contributed by atoms with Crippen molar-refractivity contribution in [2.75, 3.05) is 18.5 Å². The predicted octanol–water partition coefficient (Wildman–Crippen LogP) is 3.29. The van der Waals surface area contributed by atoms with Gasteiger partial charge in [0.05, 0.1) is 24.9 Å². The molecule has 1 saturated carbocycles. The van der Waals surface area contributed by atoms with Crippen molar-refractivity contribution in [3.63, 3.8) is 0 Å². The van der Waals surface area contributed by atoms with Crippen LogP contribution in [0, 0.1) is 16.6 Å². The molecular formula is C24H33FN3O3+. The fourth-order valence-corrected chi connectivity index (χ4v) is 6.22. The number of hydrogen-bond donors (Lipinski definition) is 3. The molecule has 0 spiro atoms. The van der Waals surface area contributed by atoms with Crippen LogP contribution in [0.4, 0.5) is 10.1 Å². The van der Waals surface area contributed by atoms with Gasteiger partial charge in [0.25, 0.3) is 5.91 Å². The topological polar surface area (TPSA) is 75.6 Å². The van der Waals surface area contributed by atoms with Crippen molar-refractivity contribution in [2.45, 2.75) is 66.0 Å². The number of benzene rings is 1. The van der Waals surface area contributed by atoms with Gasteiger partial charge in [-0.2, -0.15) is 0 Å². The zero-order valence-corrected chi connectivity index (χ0v) is 19.0. The molecule has 4 atom stereocenters. The fraction of sp³-hybridized carbons (Fsp3) is 0.583. The zero-order chi connectivity index (χ0) is 22.6. The number of anilines is 1. The number of halogens is 1. The molecule has 6 nitrogen and oxygen atoms in total. The lowest BCUT2D eigenvalue weighted by molar-refractivity contribution is -0.928. The van der Waals surface area contributed by atoms with E-state index in [9.17, 15) is 14.0 Å². The third-order valence-electron chi connectivity index (χ3n) is 7.04. The SMILES string of the molecule is CCOC(=O)c1[nH]c2ccc(F)cc2c1NC(=O)[C@H](C)[NH+]1C[C@@]2(C)C[C@@H]1CC(C)(C)C2. The highest BCUT2D eigenvalue weighted by molar-refractivity contribution is 6.11. The molecule has 1 saturated heterocycles. The second-order valence-electron chi connectivity index (χ2n) is 10.5. The Balaban J connectivity index is 1.62. The number of aromatic nitrogens is 1. The summed E-state index contributed by atoms with van der Waals surface area (Å²) in [5.41, 5.74) is 1.53. The van der Waals surface area contributed by atoms with Gasteiger partial charge in [0.2, 0.25) is 0 Å². The molecule has 4 rings (SSSR count). The van der Waals surface area contributed by atoms with Crippen molar-refractivity contribution in [3.8, 4) is 0 Å². The maximum Gasteiger partial charge on any atom is 0.356 e. The number of carbonyl (C=O) groups excluding carboxylic acids is 2. The van der Waals surface area contributed by atoms with E-state index in [0.29, 0.717) is 16.9 Å². The third-order valence-corrected chi connectivity index (χ3v) is 7.04. The minimum atomic E-state index is -0.569. The quantitative estimate of drug-likeness (QED) is 0.637. The van der Waals surface area contributed by atoms with E-state index in [1.54, 1.807) is 13.0 Å². The number of carbonyl (C=O) groups is 2. The van der Waals surface area contributed by atoms with Crippen molar-refractivity contribution in [1.29, 1.82) is 0 Å². The molecule has 0 radical (unpaired) electrons. The van der Waals surface area contributed by atoms with Crippen LogP contribution >= 0.6 is 0 Å². The number of esters is 1. The highest BCUT2D eigenvalue weighted by Crippen LogP contribution is 2.47. The Labute approximate surface area is 182 Å². The normalized spacial score (nSPS) is 27.8. The number of nitrogens with one attached hydrogen (secondary N) is 3. The van der Waals surface area contributed by atoms with Crippen LogP contribution in [0.3, 0.4) is 0 Å². The summed E-state index contributed by atoms with van der Waals surface area (Å²) in [6.45, 7) is 11.8. The van der Waals surface area contributed by atoms with E-state index >= 15 is 0 Å². The number of H-pyrrole nitrogens is 1. The summed E-state index contributed by atoms with van der Waals surface area (Å²) in [4.78, 5) is 30.1. The first-order valence-corrected chi connectivity index (χ1v) is 11.2. The van der Waals surface area contributed by atoms with E-state index in [0.717, 1.165) is 19.4 Å².